The van der Waals surface area contributed by atoms with Crippen LogP contribution in [0.25, 0.3) is 0 Å². The van der Waals surface area contributed by atoms with Crippen molar-refractivity contribution in [2.24, 2.45) is 11.8 Å². The molecule has 1 heterocycles. The van der Waals surface area contributed by atoms with Gasteiger partial charge in [0.1, 0.15) is 5.60 Å². The number of benzene rings is 1. The standard InChI is InChI=1S/C20H19NO/c22-20(19-11-5-6-14-21-19)17-9-3-1-7-15(17)12-13-16-8-2-4-10-18(16)20/h1-11,14-15,17,22H,12-13H2. The van der Waals surface area contributed by atoms with Crippen molar-refractivity contribution in [1.29, 1.82) is 0 Å². The molecule has 110 valence electrons. The van der Waals surface area contributed by atoms with E-state index in [-0.39, 0.29) is 5.92 Å². The van der Waals surface area contributed by atoms with Gasteiger partial charge in [-0.1, -0.05) is 54.6 Å². The Hall–Kier alpha value is -2.19. The second-order valence-corrected chi connectivity index (χ2v) is 6.14. The lowest BCUT2D eigenvalue weighted by Gasteiger charge is -2.38. The molecule has 0 fully saturated rings. The van der Waals surface area contributed by atoms with Crippen molar-refractivity contribution in [3.8, 4) is 0 Å². The first-order valence-corrected chi connectivity index (χ1v) is 7.87. The third-order valence-corrected chi connectivity index (χ3v) is 4.96. The number of aromatic nitrogens is 1. The zero-order valence-electron chi connectivity index (χ0n) is 12.4. The number of nitrogens with zero attached hydrogens (tertiary/aromatic N) is 1. The molecule has 0 bridgehead atoms. The first-order valence-electron chi connectivity index (χ1n) is 7.87. The number of aliphatic hydroxyl groups is 1. The SMILES string of the molecule is OC1(c2ccccn2)c2ccccc2CCC2C=CC=CC21. The van der Waals surface area contributed by atoms with Crippen molar-refractivity contribution >= 4 is 0 Å². The van der Waals surface area contributed by atoms with E-state index in [9.17, 15) is 5.11 Å². The molecule has 2 aliphatic rings. The molecule has 1 aromatic carbocycles. The van der Waals surface area contributed by atoms with E-state index in [1.54, 1.807) is 6.20 Å². The van der Waals surface area contributed by atoms with Gasteiger partial charge in [-0.05, 0) is 42.0 Å². The van der Waals surface area contributed by atoms with Crippen LogP contribution in [-0.4, -0.2) is 10.1 Å². The van der Waals surface area contributed by atoms with E-state index in [1.807, 2.05) is 30.3 Å². The first kappa shape index (κ1) is 13.5. The molecule has 2 heteroatoms. The van der Waals surface area contributed by atoms with Gasteiger partial charge in [0.05, 0.1) is 5.69 Å². The summed E-state index contributed by atoms with van der Waals surface area (Å²) in [5.41, 5.74) is 1.90. The normalized spacial score (nSPS) is 29.5. The number of hydrogen-bond acceptors (Lipinski definition) is 2. The molecule has 0 amide bonds. The van der Waals surface area contributed by atoms with Crippen LogP contribution in [0.2, 0.25) is 0 Å². The first-order chi connectivity index (χ1) is 10.8. The van der Waals surface area contributed by atoms with Crippen LogP contribution in [0, 0.1) is 11.8 Å². The Balaban J connectivity index is 1.97. The highest BCUT2D eigenvalue weighted by molar-refractivity contribution is 5.43. The highest BCUT2D eigenvalue weighted by Gasteiger charge is 2.46. The van der Waals surface area contributed by atoms with Gasteiger partial charge in [0.2, 0.25) is 0 Å². The van der Waals surface area contributed by atoms with Crippen LogP contribution < -0.4 is 0 Å². The van der Waals surface area contributed by atoms with Crippen LogP contribution in [0.3, 0.4) is 0 Å². The van der Waals surface area contributed by atoms with Gasteiger partial charge >= 0.3 is 0 Å². The zero-order valence-corrected chi connectivity index (χ0v) is 12.4. The summed E-state index contributed by atoms with van der Waals surface area (Å²) in [6, 6.07) is 14.0. The summed E-state index contributed by atoms with van der Waals surface area (Å²) >= 11 is 0. The molecule has 2 aliphatic carbocycles. The Morgan fingerprint density at radius 2 is 1.82 bits per heavy atom. The van der Waals surface area contributed by atoms with Crippen molar-refractivity contribution in [2.45, 2.75) is 18.4 Å². The minimum atomic E-state index is -1.07. The van der Waals surface area contributed by atoms with Crippen molar-refractivity contribution in [3.05, 3.63) is 89.8 Å². The van der Waals surface area contributed by atoms with Crippen LogP contribution in [0.5, 0.6) is 0 Å². The lowest BCUT2D eigenvalue weighted by Crippen LogP contribution is -2.39. The summed E-state index contributed by atoms with van der Waals surface area (Å²) in [6.07, 6.45) is 12.3. The molecular weight excluding hydrogens is 270 g/mol. The van der Waals surface area contributed by atoms with E-state index in [0.717, 1.165) is 24.1 Å². The van der Waals surface area contributed by atoms with Gasteiger partial charge in [-0.25, -0.2) is 0 Å². The minimum absolute atomic E-state index is 0.0241. The second kappa shape index (κ2) is 5.22. The Labute approximate surface area is 130 Å². The number of rotatable bonds is 1. The van der Waals surface area contributed by atoms with Crippen LogP contribution in [0.15, 0.2) is 73.0 Å². The molecule has 2 nitrogen and oxygen atoms in total. The maximum atomic E-state index is 11.8. The van der Waals surface area contributed by atoms with Crippen LogP contribution in [-0.2, 0) is 12.0 Å². The molecule has 4 rings (SSSR count). The Kier molecular flexibility index (Phi) is 3.20. The van der Waals surface area contributed by atoms with E-state index in [2.05, 4.69) is 41.4 Å². The Morgan fingerprint density at radius 3 is 2.68 bits per heavy atom. The summed E-state index contributed by atoms with van der Waals surface area (Å²) in [4.78, 5) is 4.50. The van der Waals surface area contributed by atoms with Crippen molar-refractivity contribution in [2.75, 3.05) is 0 Å². The number of allylic oxidation sites excluding steroid dienone is 3. The molecule has 22 heavy (non-hydrogen) atoms. The fourth-order valence-electron chi connectivity index (χ4n) is 3.89. The van der Waals surface area contributed by atoms with E-state index in [0.29, 0.717) is 5.92 Å². The largest absolute Gasteiger partial charge is 0.378 e. The smallest absolute Gasteiger partial charge is 0.138 e. The Bertz CT molecular complexity index is 734. The van der Waals surface area contributed by atoms with Crippen LogP contribution in [0.1, 0.15) is 23.2 Å². The molecular formula is C20H19NO. The average molecular weight is 289 g/mol. The van der Waals surface area contributed by atoms with Gasteiger partial charge in [0.25, 0.3) is 0 Å². The van der Waals surface area contributed by atoms with E-state index in [1.165, 1.54) is 5.56 Å². The van der Waals surface area contributed by atoms with Crippen LogP contribution in [0.4, 0.5) is 0 Å². The summed E-state index contributed by atoms with van der Waals surface area (Å²) in [5.74, 6) is 0.362. The maximum Gasteiger partial charge on any atom is 0.138 e. The topological polar surface area (TPSA) is 33.1 Å². The fourth-order valence-corrected chi connectivity index (χ4v) is 3.89. The average Bonchev–Trinajstić information content (AvgIpc) is 2.73. The van der Waals surface area contributed by atoms with Gasteiger partial charge in [0, 0.05) is 12.1 Å². The van der Waals surface area contributed by atoms with Gasteiger partial charge in [-0.2, -0.15) is 0 Å². The maximum absolute atomic E-state index is 11.8. The molecule has 3 unspecified atom stereocenters. The summed E-state index contributed by atoms with van der Waals surface area (Å²) in [6.45, 7) is 0. The predicted octanol–water partition coefficient (Wildman–Crippen LogP) is 3.62. The molecule has 1 N–H and O–H groups in total. The van der Waals surface area contributed by atoms with Gasteiger partial charge in [0.15, 0.2) is 0 Å². The zero-order chi connectivity index (χ0) is 15.0. The third kappa shape index (κ3) is 1.95. The fraction of sp³-hybridized carbons (Fsp3) is 0.250. The number of pyridine rings is 1. The van der Waals surface area contributed by atoms with Gasteiger partial charge in [-0.3, -0.25) is 4.98 Å². The number of aryl methyl sites for hydroxylation is 1. The van der Waals surface area contributed by atoms with Crippen LogP contribution >= 0.6 is 0 Å². The quantitative estimate of drug-likeness (QED) is 0.869. The van der Waals surface area contributed by atoms with Gasteiger partial charge in [-0.15, -0.1) is 0 Å². The molecule has 0 radical (unpaired) electrons. The van der Waals surface area contributed by atoms with Gasteiger partial charge < -0.3 is 5.11 Å². The lowest BCUT2D eigenvalue weighted by atomic mass is 9.71. The monoisotopic (exact) mass is 289 g/mol. The van der Waals surface area contributed by atoms with E-state index >= 15 is 0 Å². The lowest BCUT2D eigenvalue weighted by molar-refractivity contribution is 0.0170. The molecule has 1 aromatic heterocycles. The summed E-state index contributed by atoms with van der Waals surface area (Å²) in [7, 11) is 0. The van der Waals surface area contributed by atoms with E-state index in [4.69, 9.17) is 0 Å². The summed E-state index contributed by atoms with van der Waals surface area (Å²) in [5, 5.41) is 11.8. The molecule has 2 aromatic rings. The molecule has 3 atom stereocenters. The molecule has 0 saturated carbocycles. The number of hydrogen-bond donors (Lipinski definition) is 1. The highest BCUT2D eigenvalue weighted by atomic mass is 16.3. The van der Waals surface area contributed by atoms with Crippen molar-refractivity contribution in [3.63, 3.8) is 0 Å². The summed E-state index contributed by atoms with van der Waals surface area (Å²) < 4.78 is 0. The molecule has 0 saturated heterocycles. The van der Waals surface area contributed by atoms with Crippen molar-refractivity contribution < 1.29 is 5.11 Å². The molecule has 0 aliphatic heterocycles. The minimum Gasteiger partial charge on any atom is -0.378 e. The third-order valence-electron chi connectivity index (χ3n) is 4.96. The van der Waals surface area contributed by atoms with Crippen molar-refractivity contribution in [1.82, 2.24) is 4.98 Å². The second-order valence-electron chi connectivity index (χ2n) is 6.14. The van der Waals surface area contributed by atoms with E-state index < -0.39 is 5.60 Å². The highest BCUT2D eigenvalue weighted by Crippen LogP contribution is 2.47. The Morgan fingerprint density at radius 1 is 1.00 bits per heavy atom. The predicted molar refractivity (Wildman–Crippen MR) is 87.3 cm³/mol. The molecule has 0 spiro atoms. The number of fused-ring (bicyclic) bond motifs is 2.